The van der Waals surface area contributed by atoms with E-state index in [0.29, 0.717) is 11.1 Å². The summed E-state index contributed by atoms with van der Waals surface area (Å²) in [6.07, 6.45) is 1.09. The number of piperazine rings is 1. The average molecular weight is 488 g/mol. The van der Waals surface area contributed by atoms with E-state index in [4.69, 9.17) is 8.79 Å². The topological polar surface area (TPSA) is 58.3 Å². The summed E-state index contributed by atoms with van der Waals surface area (Å²) in [5, 5.41) is 12.8. The number of benzene rings is 3. The van der Waals surface area contributed by atoms with Gasteiger partial charge in [0, 0.05) is 42.9 Å². The van der Waals surface area contributed by atoms with Crippen molar-refractivity contribution in [3.05, 3.63) is 66.7 Å². The van der Waals surface area contributed by atoms with Crippen LogP contribution in [-0.2, 0) is 0 Å². The number of rotatable bonds is 7. The predicted molar refractivity (Wildman–Crippen MR) is 141 cm³/mol. The van der Waals surface area contributed by atoms with Gasteiger partial charge in [0.1, 0.15) is 5.82 Å². The Bertz CT molecular complexity index is 1400. The van der Waals surface area contributed by atoms with Crippen molar-refractivity contribution in [1.82, 2.24) is 19.5 Å². The van der Waals surface area contributed by atoms with E-state index < -0.39 is 0 Å². The number of fused-ring (bicyclic) bond motifs is 2. The molecule has 2 aromatic heterocycles. The minimum atomic E-state index is 0.588. The highest BCUT2D eigenvalue weighted by atomic mass is 32.2. The van der Waals surface area contributed by atoms with Crippen LogP contribution in [0.5, 0.6) is 0 Å². The highest BCUT2D eigenvalue weighted by Crippen LogP contribution is 2.31. The molecule has 1 aliphatic rings. The van der Waals surface area contributed by atoms with E-state index in [1.165, 1.54) is 15.5 Å². The van der Waals surface area contributed by atoms with Crippen molar-refractivity contribution in [2.75, 3.05) is 43.4 Å². The highest BCUT2D eigenvalue weighted by Gasteiger charge is 2.20. The fourth-order valence-corrected chi connectivity index (χ4v) is 6.00. The quantitative estimate of drug-likeness (QED) is 0.212. The molecule has 8 heteroatoms. The predicted octanol–water partition coefficient (Wildman–Crippen LogP) is 5.80. The lowest BCUT2D eigenvalue weighted by Crippen LogP contribution is -2.46. The van der Waals surface area contributed by atoms with Crippen molar-refractivity contribution in [2.24, 2.45) is 0 Å². The maximum Gasteiger partial charge on any atom is 0.276 e. The first-order valence-corrected chi connectivity index (χ1v) is 13.4. The Hall–Kier alpha value is -2.94. The van der Waals surface area contributed by atoms with Gasteiger partial charge in [-0.05, 0) is 53.5 Å². The molecule has 0 amide bonds. The molecule has 0 saturated carbocycles. The third-order valence-electron chi connectivity index (χ3n) is 6.30. The third kappa shape index (κ3) is 4.41. The molecule has 0 N–H and O–H groups in total. The van der Waals surface area contributed by atoms with Crippen LogP contribution in [0.1, 0.15) is 6.42 Å². The minimum Gasteiger partial charge on any atom is -0.411 e. The van der Waals surface area contributed by atoms with Crippen molar-refractivity contribution in [2.45, 2.75) is 11.6 Å². The summed E-state index contributed by atoms with van der Waals surface area (Å²) in [6.45, 7) is 5.28. The Kier molecular flexibility index (Phi) is 6.18. The lowest BCUT2D eigenvalue weighted by Gasteiger charge is -2.35. The monoisotopic (exact) mass is 487 g/mol. The van der Waals surface area contributed by atoms with E-state index in [1.807, 2.05) is 24.3 Å². The van der Waals surface area contributed by atoms with Crippen molar-refractivity contribution < 1.29 is 4.42 Å². The summed E-state index contributed by atoms with van der Waals surface area (Å²) in [7, 11) is 0. The van der Waals surface area contributed by atoms with Gasteiger partial charge < -0.3 is 9.32 Å². The smallest absolute Gasteiger partial charge is 0.276 e. The van der Waals surface area contributed by atoms with Crippen LogP contribution in [0.15, 0.2) is 76.4 Å². The SMILES string of the molecule is c1ccc2c(-c3nnc(SCCCN4CCN(c5nsc6ccccc56)CC4)o3)cccc2c1. The number of anilines is 1. The second-order valence-corrected chi connectivity index (χ2v) is 10.3. The Morgan fingerprint density at radius 3 is 2.56 bits per heavy atom. The van der Waals surface area contributed by atoms with Gasteiger partial charge in [-0.15, -0.1) is 10.2 Å². The number of nitrogens with zero attached hydrogens (tertiary/aromatic N) is 5. The average Bonchev–Trinajstić information content (AvgIpc) is 3.54. The van der Waals surface area contributed by atoms with Crippen LogP contribution in [0.25, 0.3) is 32.3 Å². The number of aromatic nitrogens is 3. The van der Waals surface area contributed by atoms with Crippen molar-refractivity contribution in [3.63, 3.8) is 0 Å². The lowest BCUT2D eigenvalue weighted by molar-refractivity contribution is 0.259. The summed E-state index contributed by atoms with van der Waals surface area (Å²) < 4.78 is 12.0. The first-order chi connectivity index (χ1) is 16.8. The Morgan fingerprint density at radius 2 is 1.65 bits per heavy atom. The summed E-state index contributed by atoms with van der Waals surface area (Å²) in [5.74, 6) is 2.70. The maximum absolute atomic E-state index is 5.97. The molecule has 34 heavy (non-hydrogen) atoms. The molecule has 0 unspecified atom stereocenters. The Morgan fingerprint density at radius 1 is 0.853 bits per heavy atom. The molecule has 0 radical (unpaired) electrons. The molecule has 172 valence electrons. The van der Waals surface area contributed by atoms with Crippen LogP contribution in [0, 0.1) is 0 Å². The molecule has 0 bridgehead atoms. The summed E-state index contributed by atoms with van der Waals surface area (Å²) in [5.41, 5.74) is 0.989. The van der Waals surface area contributed by atoms with Crippen LogP contribution in [0.4, 0.5) is 5.82 Å². The second kappa shape index (κ2) is 9.74. The van der Waals surface area contributed by atoms with E-state index in [2.05, 4.69) is 62.5 Å². The molecular weight excluding hydrogens is 462 g/mol. The Balaban J connectivity index is 0.990. The molecule has 3 heterocycles. The van der Waals surface area contributed by atoms with Gasteiger partial charge in [-0.1, -0.05) is 60.3 Å². The van der Waals surface area contributed by atoms with Crippen LogP contribution >= 0.6 is 23.3 Å². The van der Waals surface area contributed by atoms with Gasteiger partial charge in [0.2, 0.25) is 5.89 Å². The first kappa shape index (κ1) is 21.6. The van der Waals surface area contributed by atoms with Gasteiger partial charge in [-0.2, -0.15) is 4.37 Å². The van der Waals surface area contributed by atoms with Gasteiger partial charge >= 0.3 is 0 Å². The van der Waals surface area contributed by atoms with Crippen LogP contribution in [0.2, 0.25) is 0 Å². The summed E-state index contributed by atoms with van der Waals surface area (Å²) >= 11 is 3.24. The first-order valence-electron chi connectivity index (χ1n) is 11.6. The molecule has 1 fully saturated rings. The molecule has 1 aliphatic heterocycles. The zero-order valence-electron chi connectivity index (χ0n) is 18.8. The molecule has 3 aromatic carbocycles. The molecule has 6 nitrogen and oxygen atoms in total. The molecular formula is C26H25N5OS2. The van der Waals surface area contributed by atoms with E-state index in [1.54, 1.807) is 23.3 Å². The zero-order valence-corrected chi connectivity index (χ0v) is 20.4. The maximum atomic E-state index is 5.97. The highest BCUT2D eigenvalue weighted by molar-refractivity contribution is 7.99. The summed E-state index contributed by atoms with van der Waals surface area (Å²) in [6, 6.07) is 23.0. The van der Waals surface area contributed by atoms with E-state index in [9.17, 15) is 0 Å². The van der Waals surface area contributed by atoms with Crippen molar-refractivity contribution in [1.29, 1.82) is 0 Å². The lowest BCUT2D eigenvalue weighted by atomic mass is 10.0. The third-order valence-corrected chi connectivity index (χ3v) is 8.02. The van der Waals surface area contributed by atoms with Crippen molar-refractivity contribution in [3.8, 4) is 11.5 Å². The molecule has 5 aromatic rings. The molecule has 0 atom stereocenters. The fourth-order valence-electron chi connectivity index (χ4n) is 4.52. The number of hydrogen-bond acceptors (Lipinski definition) is 8. The van der Waals surface area contributed by atoms with Gasteiger partial charge in [0.25, 0.3) is 5.22 Å². The van der Waals surface area contributed by atoms with E-state index in [0.717, 1.165) is 61.7 Å². The zero-order chi connectivity index (χ0) is 22.7. The van der Waals surface area contributed by atoms with E-state index >= 15 is 0 Å². The summed E-state index contributed by atoms with van der Waals surface area (Å²) in [4.78, 5) is 4.97. The standard InChI is InChI=1S/C26H25N5OS2/c1-2-9-20-19(7-1)8-5-11-21(20)25-27-28-26(32-25)33-18-6-13-30-14-16-31(17-15-30)24-22-10-3-4-12-23(22)34-29-24/h1-5,7-12H,6,13-18H2. The normalized spacial score (nSPS) is 14.9. The fraction of sp³-hybridized carbons (Fsp3) is 0.269. The van der Waals surface area contributed by atoms with Crippen LogP contribution in [0.3, 0.4) is 0 Å². The van der Waals surface area contributed by atoms with Gasteiger partial charge in [-0.25, -0.2) is 0 Å². The van der Waals surface area contributed by atoms with Gasteiger partial charge in [0.15, 0.2) is 0 Å². The van der Waals surface area contributed by atoms with Gasteiger partial charge in [0.05, 0.1) is 4.70 Å². The van der Waals surface area contributed by atoms with Gasteiger partial charge in [-0.3, -0.25) is 4.90 Å². The molecule has 1 saturated heterocycles. The number of thioether (sulfide) groups is 1. The largest absolute Gasteiger partial charge is 0.411 e. The van der Waals surface area contributed by atoms with Crippen LogP contribution in [-0.4, -0.2) is 57.9 Å². The molecule has 0 aliphatic carbocycles. The van der Waals surface area contributed by atoms with Crippen LogP contribution < -0.4 is 4.90 Å². The second-order valence-electron chi connectivity index (χ2n) is 8.43. The minimum absolute atomic E-state index is 0.588. The molecule has 0 spiro atoms. The Labute approximate surface area is 206 Å². The number of hydrogen-bond donors (Lipinski definition) is 0. The molecule has 6 rings (SSSR count). The van der Waals surface area contributed by atoms with E-state index in [-0.39, 0.29) is 0 Å². The van der Waals surface area contributed by atoms with Crippen molar-refractivity contribution >= 4 is 50.0 Å².